The molecule has 0 aliphatic heterocycles. The van der Waals surface area contributed by atoms with Crippen LogP contribution >= 0.6 is 0 Å². The Morgan fingerprint density at radius 3 is 2.65 bits per heavy atom. The minimum Gasteiger partial charge on any atom is -0.356 e. The third kappa shape index (κ3) is 4.47. The molecule has 3 rings (SSSR count). The Balaban J connectivity index is 1.48. The minimum absolute atomic E-state index is 0.254. The Morgan fingerprint density at radius 2 is 1.96 bits per heavy atom. The third-order valence-electron chi connectivity index (χ3n) is 3.99. The van der Waals surface area contributed by atoms with Crippen LogP contribution in [0.1, 0.15) is 11.4 Å². The predicted molar refractivity (Wildman–Crippen MR) is 98.6 cm³/mol. The Kier molecular flexibility index (Phi) is 5.62. The molecule has 0 bridgehead atoms. The van der Waals surface area contributed by atoms with Crippen LogP contribution in [0.2, 0.25) is 0 Å². The first-order valence-electron chi connectivity index (χ1n) is 8.37. The Bertz CT molecular complexity index is 864. The molecule has 0 spiro atoms. The summed E-state index contributed by atoms with van der Waals surface area (Å²) < 4.78 is 16.6. The van der Waals surface area contributed by atoms with Crippen LogP contribution in [0.25, 0.3) is 5.69 Å². The molecular weight excluding hydrogens is 333 g/mol. The van der Waals surface area contributed by atoms with Gasteiger partial charge in [-0.05, 0) is 36.4 Å². The van der Waals surface area contributed by atoms with Crippen LogP contribution in [0.15, 0.2) is 53.8 Å². The summed E-state index contributed by atoms with van der Waals surface area (Å²) in [5, 5.41) is 15.2. The number of hydrogen-bond donors (Lipinski definition) is 2. The summed E-state index contributed by atoms with van der Waals surface area (Å²) in [5.41, 5.74) is 2.86. The molecule has 0 aliphatic carbocycles. The van der Waals surface area contributed by atoms with Crippen molar-refractivity contribution in [2.75, 3.05) is 13.6 Å². The molecule has 0 fully saturated rings. The van der Waals surface area contributed by atoms with Crippen molar-refractivity contribution in [3.8, 4) is 5.69 Å². The molecule has 2 heterocycles. The van der Waals surface area contributed by atoms with Crippen LogP contribution in [-0.2, 0) is 20.0 Å². The lowest BCUT2D eigenvalue weighted by Crippen LogP contribution is -2.38. The minimum atomic E-state index is -0.254. The van der Waals surface area contributed by atoms with Gasteiger partial charge in [0.1, 0.15) is 5.82 Å². The fourth-order valence-electron chi connectivity index (χ4n) is 2.51. The summed E-state index contributed by atoms with van der Waals surface area (Å²) in [6.45, 7) is 1.35. The van der Waals surface area contributed by atoms with E-state index >= 15 is 0 Å². The summed E-state index contributed by atoms with van der Waals surface area (Å²) in [7, 11) is 3.65. The smallest absolute Gasteiger partial charge is 0.191 e. The largest absolute Gasteiger partial charge is 0.356 e. The van der Waals surface area contributed by atoms with E-state index in [4.69, 9.17) is 0 Å². The summed E-state index contributed by atoms with van der Waals surface area (Å²) in [4.78, 5) is 4.21. The molecule has 136 valence electrons. The summed E-state index contributed by atoms with van der Waals surface area (Å²) in [5.74, 6) is 0.472. The van der Waals surface area contributed by atoms with Gasteiger partial charge in [-0.15, -0.1) is 0 Å². The van der Waals surface area contributed by atoms with Crippen molar-refractivity contribution in [2.45, 2.75) is 13.0 Å². The maximum Gasteiger partial charge on any atom is 0.191 e. The summed E-state index contributed by atoms with van der Waals surface area (Å²) >= 11 is 0. The highest BCUT2D eigenvalue weighted by molar-refractivity contribution is 5.79. The Morgan fingerprint density at radius 1 is 1.15 bits per heavy atom. The normalized spacial score (nSPS) is 11.6. The molecule has 0 radical (unpaired) electrons. The molecule has 0 atom stereocenters. The number of benzene rings is 1. The molecule has 0 unspecified atom stereocenters. The number of aliphatic imine (C=N–C) groups is 1. The molecular formula is C18H22FN7. The SMILES string of the molecule is CN=C(NCCc1ccn(-c2ccc(F)cc2)n1)NCc1ccnn1C. The van der Waals surface area contributed by atoms with E-state index in [1.54, 1.807) is 30.1 Å². The standard InChI is InChI=1S/C18H22FN7/c1-20-18(22-13-17-8-11-23-25(17)2)21-10-7-15-9-12-26(24-15)16-5-3-14(19)4-6-16/h3-6,8-9,11-12H,7,10,13H2,1-2H3,(H2,20,21,22). The van der Waals surface area contributed by atoms with Crippen molar-refractivity contribution in [1.82, 2.24) is 30.2 Å². The zero-order valence-corrected chi connectivity index (χ0v) is 14.9. The van der Waals surface area contributed by atoms with E-state index in [1.165, 1.54) is 12.1 Å². The van der Waals surface area contributed by atoms with Gasteiger partial charge >= 0.3 is 0 Å². The van der Waals surface area contributed by atoms with Crippen molar-refractivity contribution in [2.24, 2.45) is 12.0 Å². The van der Waals surface area contributed by atoms with E-state index < -0.39 is 0 Å². The van der Waals surface area contributed by atoms with E-state index in [9.17, 15) is 4.39 Å². The fraction of sp³-hybridized carbons (Fsp3) is 0.278. The molecule has 8 heteroatoms. The van der Waals surface area contributed by atoms with Crippen LogP contribution in [0.3, 0.4) is 0 Å². The van der Waals surface area contributed by atoms with Gasteiger partial charge in [0.25, 0.3) is 0 Å². The second-order valence-electron chi connectivity index (χ2n) is 5.78. The lowest BCUT2D eigenvalue weighted by molar-refractivity contribution is 0.627. The first kappa shape index (κ1) is 17.7. The van der Waals surface area contributed by atoms with E-state index in [0.29, 0.717) is 13.1 Å². The van der Waals surface area contributed by atoms with Gasteiger partial charge in [0, 0.05) is 39.5 Å². The van der Waals surface area contributed by atoms with E-state index in [1.807, 2.05) is 30.1 Å². The molecule has 2 aromatic heterocycles. The van der Waals surface area contributed by atoms with Crippen molar-refractivity contribution in [3.05, 3.63) is 66.0 Å². The highest BCUT2D eigenvalue weighted by Gasteiger charge is 2.04. The predicted octanol–water partition coefficient (Wildman–Crippen LogP) is 1.65. The third-order valence-corrected chi connectivity index (χ3v) is 3.99. The van der Waals surface area contributed by atoms with Gasteiger partial charge in [0.15, 0.2) is 5.96 Å². The molecule has 2 N–H and O–H groups in total. The number of halogens is 1. The maximum absolute atomic E-state index is 13.0. The molecule has 0 saturated heterocycles. The summed E-state index contributed by atoms with van der Waals surface area (Å²) in [6.07, 6.45) is 4.39. The first-order valence-corrected chi connectivity index (χ1v) is 8.37. The number of rotatable bonds is 6. The van der Waals surface area contributed by atoms with E-state index in [2.05, 4.69) is 25.8 Å². The number of nitrogens with one attached hydrogen (secondary N) is 2. The lowest BCUT2D eigenvalue weighted by Gasteiger charge is -2.11. The second-order valence-corrected chi connectivity index (χ2v) is 5.78. The topological polar surface area (TPSA) is 72.1 Å². The van der Waals surface area contributed by atoms with Crippen molar-refractivity contribution < 1.29 is 4.39 Å². The average Bonchev–Trinajstić information content (AvgIpc) is 3.28. The number of aromatic nitrogens is 4. The highest BCUT2D eigenvalue weighted by Crippen LogP contribution is 2.09. The zero-order chi connectivity index (χ0) is 18.4. The van der Waals surface area contributed by atoms with Gasteiger partial charge in [0.2, 0.25) is 0 Å². The van der Waals surface area contributed by atoms with Gasteiger partial charge < -0.3 is 10.6 Å². The van der Waals surface area contributed by atoms with Crippen molar-refractivity contribution >= 4 is 5.96 Å². The zero-order valence-electron chi connectivity index (χ0n) is 14.9. The Labute approximate surface area is 151 Å². The fourth-order valence-corrected chi connectivity index (χ4v) is 2.51. The van der Waals surface area contributed by atoms with Gasteiger partial charge in [-0.2, -0.15) is 10.2 Å². The molecule has 0 aliphatic rings. The van der Waals surface area contributed by atoms with E-state index in [-0.39, 0.29) is 5.82 Å². The lowest BCUT2D eigenvalue weighted by atomic mass is 10.3. The van der Waals surface area contributed by atoms with Gasteiger partial charge in [-0.25, -0.2) is 9.07 Å². The monoisotopic (exact) mass is 355 g/mol. The van der Waals surface area contributed by atoms with Crippen LogP contribution in [0, 0.1) is 5.82 Å². The molecule has 0 amide bonds. The second kappa shape index (κ2) is 8.28. The Hall–Kier alpha value is -3.16. The molecule has 7 nitrogen and oxygen atoms in total. The number of nitrogens with zero attached hydrogens (tertiary/aromatic N) is 5. The molecule has 26 heavy (non-hydrogen) atoms. The quantitative estimate of drug-likeness (QED) is 0.521. The van der Waals surface area contributed by atoms with Crippen LogP contribution in [0.5, 0.6) is 0 Å². The van der Waals surface area contributed by atoms with E-state index in [0.717, 1.165) is 29.5 Å². The highest BCUT2D eigenvalue weighted by atomic mass is 19.1. The number of aryl methyl sites for hydroxylation is 1. The first-order chi connectivity index (χ1) is 12.7. The van der Waals surface area contributed by atoms with Gasteiger partial charge in [-0.3, -0.25) is 9.67 Å². The summed E-state index contributed by atoms with van der Waals surface area (Å²) in [6, 6.07) is 10.2. The molecule has 1 aromatic carbocycles. The van der Waals surface area contributed by atoms with Crippen molar-refractivity contribution in [1.29, 1.82) is 0 Å². The number of hydrogen-bond acceptors (Lipinski definition) is 3. The average molecular weight is 355 g/mol. The number of guanidine groups is 1. The molecule has 0 saturated carbocycles. The van der Waals surface area contributed by atoms with Gasteiger partial charge in [0.05, 0.1) is 23.6 Å². The van der Waals surface area contributed by atoms with Crippen LogP contribution < -0.4 is 10.6 Å². The van der Waals surface area contributed by atoms with Crippen molar-refractivity contribution in [3.63, 3.8) is 0 Å². The molecule has 3 aromatic rings. The van der Waals surface area contributed by atoms with Crippen LogP contribution in [0.4, 0.5) is 4.39 Å². The van der Waals surface area contributed by atoms with Crippen LogP contribution in [-0.4, -0.2) is 39.1 Å². The van der Waals surface area contributed by atoms with Gasteiger partial charge in [-0.1, -0.05) is 0 Å². The maximum atomic E-state index is 13.0.